The molecule has 0 radical (unpaired) electrons. The van der Waals surface area contributed by atoms with Gasteiger partial charge in [-0.05, 0) is 72.0 Å². The maximum Gasteiger partial charge on any atom is 0.313 e. The Morgan fingerprint density at radius 1 is 1.32 bits per heavy atom. The zero-order valence-corrected chi connectivity index (χ0v) is 12.6. The highest BCUT2D eigenvalue weighted by Crippen LogP contribution is 2.48. The van der Waals surface area contributed by atoms with E-state index in [1.54, 1.807) is 0 Å². The number of rotatable bonds is 4. The summed E-state index contributed by atoms with van der Waals surface area (Å²) in [6, 6.07) is 0. The van der Waals surface area contributed by atoms with Crippen molar-refractivity contribution in [3.8, 4) is 0 Å². The number of hydrogen-bond acceptors (Lipinski definition) is 4. The van der Waals surface area contributed by atoms with Crippen molar-refractivity contribution < 1.29 is 9.53 Å². The molecule has 1 aliphatic carbocycles. The molecule has 0 amide bonds. The Bertz CT molecular complexity index is 324. The van der Waals surface area contributed by atoms with Gasteiger partial charge in [-0.1, -0.05) is 0 Å². The van der Waals surface area contributed by atoms with Crippen molar-refractivity contribution in [2.75, 3.05) is 26.2 Å². The summed E-state index contributed by atoms with van der Waals surface area (Å²) in [5, 5.41) is 0. The molecule has 2 fully saturated rings. The van der Waals surface area contributed by atoms with E-state index < -0.39 is 0 Å². The number of esters is 1. The van der Waals surface area contributed by atoms with Crippen molar-refractivity contribution in [1.29, 1.82) is 0 Å². The molecule has 1 aliphatic heterocycles. The Kier molecular flexibility index (Phi) is 4.21. The first kappa shape index (κ1) is 14.8. The van der Waals surface area contributed by atoms with Crippen LogP contribution in [0.4, 0.5) is 0 Å². The standard InChI is InChI=1S/C15H28N2O2/c1-14(2,3)19-13(18)15(6-7-15)11-17-8-4-12(10-16)5-9-17/h12H,4-11,16H2,1-3H3. The van der Waals surface area contributed by atoms with Gasteiger partial charge in [-0.2, -0.15) is 0 Å². The molecule has 1 heterocycles. The molecule has 4 nitrogen and oxygen atoms in total. The van der Waals surface area contributed by atoms with E-state index in [1.165, 1.54) is 12.8 Å². The van der Waals surface area contributed by atoms with Crippen molar-refractivity contribution in [3.63, 3.8) is 0 Å². The van der Waals surface area contributed by atoms with Crippen LogP contribution in [0.25, 0.3) is 0 Å². The van der Waals surface area contributed by atoms with E-state index in [9.17, 15) is 4.79 Å². The Morgan fingerprint density at radius 2 is 1.89 bits per heavy atom. The van der Waals surface area contributed by atoms with Crippen LogP contribution in [0.15, 0.2) is 0 Å². The van der Waals surface area contributed by atoms with Gasteiger partial charge in [-0.3, -0.25) is 4.79 Å². The fourth-order valence-electron chi connectivity index (χ4n) is 2.77. The predicted molar refractivity (Wildman–Crippen MR) is 75.7 cm³/mol. The normalized spacial score (nSPS) is 24.2. The topological polar surface area (TPSA) is 55.6 Å². The Hall–Kier alpha value is -0.610. The fourth-order valence-corrected chi connectivity index (χ4v) is 2.77. The first-order chi connectivity index (χ1) is 8.85. The van der Waals surface area contributed by atoms with Crippen LogP contribution in [0.3, 0.4) is 0 Å². The van der Waals surface area contributed by atoms with E-state index in [1.807, 2.05) is 20.8 Å². The third-order valence-corrected chi connectivity index (χ3v) is 4.25. The molecular weight excluding hydrogens is 240 g/mol. The van der Waals surface area contributed by atoms with Gasteiger partial charge in [0, 0.05) is 6.54 Å². The van der Waals surface area contributed by atoms with Gasteiger partial charge in [0.25, 0.3) is 0 Å². The molecule has 0 aromatic carbocycles. The Balaban J connectivity index is 1.84. The molecule has 0 aromatic heterocycles. The summed E-state index contributed by atoms with van der Waals surface area (Å²) in [5.41, 5.74) is 5.13. The van der Waals surface area contributed by atoms with E-state index in [0.717, 1.165) is 39.0 Å². The summed E-state index contributed by atoms with van der Waals surface area (Å²) in [4.78, 5) is 14.7. The SMILES string of the molecule is CC(C)(C)OC(=O)C1(CN2CCC(CN)CC2)CC1. The van der Waals surface area contributed by atoms with Gasteiger partial charge in [-0.25, -0.2) is 0 Å². The summed E-state index contributed by atoms with van der Waals surface area (Å²) in [5.74, 6) is 0.675. The largest absolute Gasteiger partial charge is 0.460 e. The minimum atomic E-state index is -0.376. The number of piperidine rings is 1. The predicted octanol–water partition coefficient (Wildman–Crippen LogP) is 1.78. The van der Waals surface area contributed by atoms with Gasteiger partial charge in [0.05, 0.1) is 5.41 Å². The van der Waals surface area contributed by atoms with Crippen molar-refractivity contribution in [1.82, 2.24) is 4.90 Å². The van der Waals surface area contributed by atoms with Crippen LogP contribution < -0.4 is 5.73 Å². The average molecular weight is 268 g/mol. The molecule has 19 heavy (non-hydrogen) atoms. The molecular formula is C15H28N2O2. The highest BCUT2D eigenvalue weighted by atomic mass is 16.6. The Labute approximate surface area is 116 Å². The molecule has 0 bridgehead atoms. The number of likely N-dealkylation sites (tertiary alicyclic amines) is 1. The minimum Gasteiger partial charge on any atom is -0.460 e. The van der Waals surface area contributed by atoms with Crippen molar-refractivity contribution in [2.24, 2.45) is 17.1 Å². The van der Waals surface area contributed by atoms with Gasteiger partial charge in [-0.15, -0.1) is 0 Å². The van der Waals surface area contributed by atoms with Crippen LogP contribution in [-0.2, 0) is 9.53 Å². The fraction of sp³-hybridized carbons (Fsp3) is 0.933. The van der Waals surface area contributed by atoms with Crippen LogP contribution in [0.5, 0.6) is 0 Å². The van der Waals surface area contributed by atoms with Crippen LogP contribution >= 0.6 is 0 Å². The number of carbonyl (C=O) groups is 1. The second-order valence-corrected chi connectivity index (χ2v) is 7.24. The number of hydrogen-bond donors (Lipinski definition) is 1. The lowest BCUT2D eigenvalue weighted by molar-refractivity contribution is -0.162. The van der Waals surface area contributed by atoms with Gasteiger partial charge >= 0.3 is 5.97 Å². The first-order valence-electron chi connectivity index (χ1n) is 7.50. The van der Waals surface area contributed by atoms with Crippen LogP contribution in [0.1, 0.15) is 46.5 Å². The molecule has 0 spiro atoms. The highest BCUT2D eigenvalue weighted by molar-refractivity contribution is 5.80. The lowest BCUT2D eigenvalue weighted by Crippen LogP contribution is -2.42. The van der Waals surface area contributed by atoms with E-state index in [-0.39, 0.29) is 17.0 Å². The quantitative estimate of drug-likeness (QED) is 0.790. The molecule has 1 saturated heterocycles. The van der Waals surface area contributed by atoms with Gasteiger partial charge in [0.2, 0.25) is 0 Å². The summed E-state index contributed by atoms with van der Waals surface area (Å²) >= 11 is 0. The summed E-state index contributed by atoms with van der Waals surface area (Å²) < 4.78 is 5.56. The molecule has 0 atom stereocenters. The second-order valence-electron chi connectivity index (χ2n) is 7.24. The molecule has 0 aromatic rings. The minimum absolute atomic E-state index is 0.000878. The highest BCUT2D eigenvalue weighted by Gasteiger charge is 2.53. The van der Waals surface area contributed by atoms with Gasteiger partial charge in [0.1, 0.15) is 5.60 Å². The molecule has 2 aliphatic rings. The molecule has 0 unspecified atom stereocenters. The van der Waals surface area contributed by atoms with Crippen LogP contribution in [0.2, 0.25) is 0 Å². The van der Waals surface area contributed by atoms with Gasteiger partial charge in [0.15, 0.2) is 0 Å². The van der Waals surface area contributed by atoms with Crippen LogP contribution in [-0.4, -0.2) is 42.6 Å². The van der Waals surface area contributed by atoms with E-state index in [4.69, 9.17) is 10.5 Å². The van der Waals surface area contributed by atoms with E-state index in [2.05, 4.69) is 4.90 Å². The van der Waals surface area contributed by atoms with E-state index >= 15 is 0 Å². The molecule has 2 rings (SSSR count). The number of carbonyl (C=O) groups excluding carboxylic acids is 1. The summed E-state index contributed by atoms with van der Waals surface area (Å²) in [6.07, 6.45) is 4.30. The first-order valence-corrected chi connectivity index (χ1v) is 7.50. The summed E-state index contributed by atoms with van der Waals surface area (Å²) in [7, 11) is 0. The zero-order chi connectivity index (χ0) is 14.1. The summed E-state index contributed by atoms with van der Waals surface area (Å²) in [6.45, 7) is 9.64. The maximum atomic E-state index is 12.3. The maximum absolute atomic E-state index is 12.3. The third kappa shape index (κ3) is 3.93. The third-order valence-electron chi connectivity index (χ3n) is 4.25. The number of ether oxygens (including phenoxy) is 1. The smallest absolute Gasteiger partial charge is 0.313 e. The molecule has 1 saturated carbocycles. The average Bonchev–Trinajstić information content (AvgIpc) is 3.09. The van der Waals surface area contributed by atoms with Crippen molar-refractivity contribution >= 4 is 5.97 Å². The van der Waals surface area contributed by atoms with E-state index in [0.29, 0.717) is 5.92 Å². The van der Waals surface area contributed by atoms with Crippen LogP contribution in [0, 0.1) is 11.3 Å². The monoisotopic (exact) mass is 268 g/mol. The lowest BCUT2D eigenvalue weighted by Gasteiger charge is -2.34. The van der Waals surface area contributed by atoms with Gasteiger partial charge < -0.3 is 15.4 Å². The van der Waals surface area contributed by atoms with Crippen molar-refractivity contribution in [2.45, 2.75) is 52.1 Å². The lowest BCUT2D eigenvalue weighted by atomic mass is 9.95. The Morgan fingerprint density at radius 3 is 2.32 bits per heavy atom. The second kappa shape index (κ2) is 5.41. The molecule has 110 valence electrons. The molecule has 4 heteroatoms. The zero-order valence-electron chi connectivity index (χ0n) is 12.6. The number of nitrogens with two attached hydrogens (primary N) is 1. The molecule has 2 N–H and O–H groups in total. The van der Waals surface area contributed by atoms with Crippen molar-refractivity contribution in [3.05, 3.63) is 0 Å². The number of nitrogens with zero attached hydrogens (tertiary/aromatic N) is 1.